The molecule has 2 rings (SSSR count). The number of carbonyl (C=O) groups is 2. The number of nitrogens with zero attached hydrogens (tertiary/aromatic N) is 3. The summed E-state index contributed by atoms with van der Waals surface area (Å²) >= 11 is 1.43. The van der Waals surface area contributed by atoms with Crippen molar-refractivity contribution in [1.82, 2.24) is 14.9 Å². The highest BCUT2D eigenvalue weighted by atomic mass is 32.2. The minimum Gasteiger partial charge on any atom is -0.465 e. The normalized spacial score (nSPS) is 16.2. The van der Waals surface area contributed by atoms with Gasteiger partial charge < -0.3 is 14.4 Å². The van der Waals surface area contributed by atoms with Crippen molar-refractivity contribution in [2.24, 2.45) is 0 Å². The van der Waals surface area contributed by atoms with Gasteiger partial charge in [-0.25, -0.2) is 14.8 Å². The molecule has 0 bridgehead atoms. The molecule has 1 fully saturated rings. The molecule has 144 valence electrons. The summed E-state index contributed by atoms with van der Waals surface area (Å²) in [6, 6.07) is 1.77. The number of hydrogen-bond donors (Lipinski definition) is 0. The fourth-order valence-corrected chi connectivity index (χ4v) is 3.36. The first-order valence-corrected chi connectivity index (χ1v) is 10.3. The summed E-state index contributed by atoms with van der Waals surface area (Å²) < 4.78 is 10.6. The van der Waals surface area contributed by atoms with Crippen molar-refractivity contribution in [2.45, 2.75) is 50.1 Å². The van der Waals surface area contributed by atoms with Gasteiger partial charge in [-0.05, 0) is 38.5 Å². The van der Waals surface area contributed by atoms with Crippen LogP contribution in [0.15, 0.2) is 17.4 Å². The lowest BCUT2D eigenvalue weighted by Gasteiger charge is -2.39. The van der Waals surface area contributed by atoms with E-state index in [-0.39, 0.29) is 12.1 Å². The van der Waals surface area contributed by atoms with Crippen LogP contribution in [0, 0.1) is 0 Å². The van der Waals surface area contributed by atoms with Crippen LogP contribution in [0.25, 0.3) is 0 Å². The first-order valence-electron chi connectivity index (χ1n) is 9.03. The number of amides is 1. The van der Waals surface area contributed by atoms with E-state index in [2.05, 4.69) is 9.97 Å². The van der Waals surface area contributed by atoms with Gasteiger partial charge in [0.25, 0.3) is 0 Å². The molecule has 0 radical (unpaired) electrons. The molecule has 1 aliphatic heterocycles. The van der Waals surface area contributed by atoms with E-state index >= 15 is 0 Å². The van der Waals surface area contributed by atoms with Gasteiger partial charge in [0.1, 0.15) is 5.41 Å². The lowest BCUT2D eigenvalue weighted by Crippen LogP contribution is -2.50. The standard InChI is InChI=1S/C18H27N3O4S/c1-4-6-13-25-17(23)21-11-8-18(9-12-21,15(22)24-5-2)14-7-10-19-16(20-14)26-3/h7,10H,4-6,8-9,11-13H2,1-3H3. The quantitative estimate of drug-likeness (QED) is 0.311. The summed E-state index contributed by atoms with van der Waals surface area (Å²) in [7, 11) is 0. The second kappa shape index (κ2) is 9.75. The maximum atomic E-state index is 12.8. The molecule has 1 aromatic rings. The average molecular weight is 381 g/mol. The highest BCUT2D eigenvalue weighted by Gasteiger charge is 2.46. The number of unbranched alkanes of at least 4 members (excludes halogenated alkanes) is 1. The molecule has 1 amide bonds. The summed E-state index contributed by atoms with van der Waals surface area (Å²) in [5, 5.41) is 0.618. The summed E-state index contributed by atoms with van der Waals surface area (Å²) in [4.78, 5) is 35.3. The number of likely N-dealkylation sites (tertiary alicyclic amines) is 1. The molecule has 0 saturated carbocycles. The number of rotatable bonds is 7. The molecule has 1 aliphatic rings. The Balaban J connectivity index is 2.15. The van der Waals surface area contributed by atoms with E-state index in [0.717, 1.165) is 12.8 Å². The Bertz CT molecular complexity index is 618. The first kappa shape index (κ1) is 20.5. The highest BCUT2D eigenvalue weighted by molar-refractivity contribution is 7.98. The molecular formula is C18H27N3O4S. The summed E-state index contributed by atoms with van der Waals surface area (Å²) in [6.45, 7) is 5.44. The average Bonchev–Trinajstić information content (AvgIpc) is 2.68. The Kier molecular flexibility index (Phi) is 7.68. The van der Waals surface area contributed by atoms with Gasteiger partial charge in [0, 0.05) is 19.3 Å². The van der Waals surface area contributed by atoms with Gasteiger partial charge in [0.15, 0.2) is 5.16 Å². The van der Waals surface area contributed by atoms with Crippen LogP contribution in [0.1, 0.15) is 45.2 Å². The fraction of sp³-hybridized carbons (Fsp3) is 0.667. The first-order chi connectivity index (χ1) is 12.6. The minimum atomic E-state index is -0.844. The number of piperidine rings is 1. The van der Waals surface area contributed by atoms with E-state index in [1.165, 1.54) is 11.8 Å². The number of carbonyl (C=O) groups excluding carboxylic acids is 2. The van der Waals surface area contributed by atoms with Crippen LogP contribution in [-0.4, -0.2) is 59.5 Å². The van der Waals surface area contributed by atoms with Crippen LogP contribution in [0.2, 0.25) is 0 Å². The van der Waals surface area contributed by atoms with E-state index in [1.807, 2.05) is 13.2 Å². The number of aromatic nitrogens is 2. The molecule has 1 saturated heterocycles. The second-order valence-electron chi connectivity index (χ2n) is 6.19. The van der Waals surface area contributed by atoms with Gasteiger partial charge in [0.05, 0.1) is 18.9 Å². The van der Waals surface area contributed by atoms with E-state index < -0.39 is 5.41 Å². The topological polar surface area (TPSA) is 81.6 Å². The van der Waals surface area contributed by atoms with Crippen LogP contribution >= 0.6 is 11.8 Å². The molecule has 0 unspecified atom stereocenters. The molecule has 0 atom stereocenters. The van der Waals surface area contributed by atoms with Crippen molar-refractivity contribution >= 4 is 23.8 Å². The van der Waals surface area contributed by atoms with Crippen molar-refractivity contribution in [2.75, 3.05) is 32.6 Å². The van der Waals surface area contributed by atoms with E-state index in [9.17, 15) is 9.59 Å². The van der Waals surface area contributed by atoms with E-state index in [4.69, 9.17) is 9.47 Å². The van der Waals surface area contributed by atoms with Gasteiger partial charge >= 0.3 is 12.1 Å². The molecular weight excluding hydrogens is 354 g/mol. The lowest BCUT2D eigenvalue weighted by molar-refractivity contribution is -0.152. The second-order valence-corrected chi connectivity index (χ2v) is 6.96. The monoisotopic (exact) mass is 381 g/mol. The van der Waals surface area contributed by atoms with Gasteiger partial charge in [-0.1, -0.05) is 25.1 Å². The Morgan fingerprint density at radius 2 is 2.00 bits per heavy atom. The smallest absolute Gasteiger partial charge is 0.409 e. The molecule has 0 aliphatic carbocycles. The molecule has 7 nitrogen and oxygen atoms in total. The lowest BCUT2D eigenvalue weighted by atomic mass is 9.75. The van der Waals surface area contributed by atoms with Crippen molar-refractivity contribution < 1.29 is 19.1 Å². The number of hydrogen-bond acceptors (Lipinski definition) is 7. The zero-order chi connectivity index (χ0) is 19.0. The van der Waals surface area contributed by atoms with Crippen LogP contribution in [0.3, 0.4) is 0 Å². The molecule has 1 aromatic heterocycles. The Morgan fingerprint density at radius 1 is 1.27 bits per heavy atom. The molecule has 0 aromatic carbocycles. The predicted molar refractivity (Wildman–Crippen MR) is 99.2 cm³/mol. The maximum Gasteiger partial charge on any atom is 0.409 e. The SMILES string of the molecule is CCCCOC(=O)N1CCC(C(=O)OCC)(c2ccnc(SC)n2)CC1. The van der Waals surface area contributed by atoms with Gasteiger partial charge in [-0.2, -0.15) is 0 Å². The third-order valence-electron chi connectivity index (χ3n) is 4.57. The number of ether oxygens (including phenoxy) is 2. The highest BCUT2D eigenvalue weighted by Crippen LogP contribution is 2.36. The summed E-state index contributed by atoms with van der Waals surface area (Å²) in [5.41, 5.74) is -0.182. The Morgan fingerprint density at radius 3 is 2.62 bits per heavy atom. The molecule has 26 heavy (non-hydrogen) atoms. The largest absolute Gasteiger partial charge is 0.465 e. The van der Waals surface area contributed by atoms with Crippen LogP contribution in [0.5, 0.6) is 0 Å². The van der Waals surface area contributed by atoms with Gasteiger partial charge in [-0.15, -0.1) is 0 Å². The Hall–Kier alpha value is -1.83. The Labute approximate surface area is 158 Å². The van der Waals surface area contributed by atoms with Crippen molar-refractivity contribution in [3.05, 3.63) is 18.0 Å². The van der Waals surface area contributed by atoms with Crippen molar-refractivity contribution in [3.63, 3.8) is 0 Å². The van der Waals surface area contributed by atoms with E-state index in [0.29, 0.717) is 50.0 Å². The zero-order valence-electron chi connectivity index (χ0n) is 15.7. The molecule has 0 N–H and O–H groups in total. The van der Waals surface area contributed by atoms with Crippen molar-refractivity contribution in [1.29, 1.82) is 0 Å². The van der Waals surface area contributed by atoms with Gasteiger partial charge in [0.2, 0.25) is 0 Å². The van der Waals surface area contributed by atoms with Crippen LogP contribution in [-0.2, 0) is 19.7 Å². The summed E-state index contributed by atoms with van der Waals surface area (Å²) in [5.74, 6) is -0.287. The minimum absolute atomic E-state index is 0.287. The fourth-order valence-electron chi connectivity index (χ4n) is 3.01. The number of esters is 1. The third-order valence-corrected chi connectivity index (χ3v) is 5.13. The zero-order valence-corrected chi connectivity index (χ0v) is 16.5. The summed E-state index contributed by atoms with van der Waals surface area (Å²) in [6.07, 6.45) is 5.99. The molecule has 2 heterocycles. The van der Waals surface area contributed by atoms with Crippen LogP contribution in [0.4, 0.5) is 4.79 Å². The third kappa shape index (κ3) is 4.66. The number of thioether (sulfide) groups is 1. The van der Waals surface area contributed by atoms with E-state index in [1.54, 1.807) is 24.1 Å². The van der Waals surface area contributed by atoms with Crippen LogP contribution < -0.4 is 0 Å². The predicted octanol–water partition coefficient (Wildman–Crippen LogP) is 3.03. The molecule has 8 heteroatoms. The maximum absolute atomic E-state index is 12.8. The molecule has 0 spiro atoms. The van der Waals surface area contributed by atoms with Gasteiger partial charge in [-0.3, -0.25) is 4.79 Å². The van der Waals surface area contributed by atoms with Crippen molar-refractivity contribution in [3.8, 4) is 0 Å².